The summed E-state index contributed by atoms with van der Waals surface area (Å²) in [5.74, 6) is -0.630. The van der Waals surface area contributed by atoms with Crippen molar-refractivity contribution in [1.29, 1.82) is 0 Å². The molecule has 5 aliphatic heterocycles. The molecule has 5 amide bonds. The van der Waals surface area contributed by atoms with Gasteiger partial charge in [0.05, 0.1) is 16.2 Å². The summed E-state index contributed by atoms with van der Waals surface area (Å²) < 4.78 is 18.1. The van der Waals surface area contributed by atoms with E-state index in [2.05, 4.69) is 55.5 Å². The number of amides is 5. The van der Waals surface area contributed by atoms with Crippen molar-refractivity contribution in [3.05, 3.63) is 107 Å². The van der Waals surface area contributed by atoms with Crippen LogP contribution in [0.1, 0.15) is 66.6 Å². The Kier molecular flexibility index (Phi) is 11.3. The Labute approximate surface area is 376 Å². The molecule has 2 aromatic heterocycles. The predicted octanol–water partition coefficient (Wildman–Crippen LogP) is 7.49. The van der Waals surface area contributed by atoms with E-state index in [0.717, 1.165) is 79.6 Å². The Morgan fingerprint density at radius 1 is 0.922 bits per heavy atom. The number of benzene rings is 3. The van der Waals surface area contributed by atoms with Gasteiger partial charge >= 0.3 is 6.03 Å². The van der Waals surface area contributed by atoms with Crippen LogP contribution in [0.25, 0.3) is 27.6 Å². The van der Waals surface area contributed by atoms with Crippen molar-refractivity contribution in [2.75, 3.05) is 68.7 Å². The van der Waals surface area contributed by atoms with E-state index in [1.54, 1.807) is 29.1 Å². The van der Waals surface area contributed by atoms with Crippen molar-refractivity contribution in [1.82, 2.24) is 34.8 Å². The van der Waals surface area contributed by atoms with Crippen LogP contribution in [-0.2, 0) is 16.1 Å². The Morgan fingerprint density at radius 2 is 1.70 bits per heavy atom. The summed E-state index contributed by atoms with van der Waals surface area (Å²) in [5.41, 5.74) is 7.08. The second-order valence-electron chi connectivity index (χ2n) is 18.3. The number of aromatic nitrogens is 3. The largest absolute Gasteiger partial charge is 0.371 e. The lowest BCUT2D eigenvalue weighted by Crippen LogP contribution is -2.64. The van der Waals surface area contributed by atoms with E-state index in [9.17, 15) is 19.2 Å². The fraction of sp³-hybridized carbons (Fsp3) is 0.408. The Bertz CT molecular complexity index is 2640. The van der Waals surface area contributed by atoms with Crippen LogP contribution in [0.15, 0.2) is 79.1 Å². The number of carbonyl (C=O) groups is 4. The van der Waals surface area contributed by atoms with Crippen LogP contribution in [0.5, 0.6) is 0 Å². The number of H-pyrrole nitrogens is 1. The lowest BCUT2D eigenvalue weighted by atomic mass is 9.70. The molecular weight excluding hydrogens is 833 g/mol. The summed E-state index contributed by atoms with van der Waals surface area (Å²) in [6.07, 6.45) is 10.9. The van der Waals surface area contributed by atoms with Crippen molar-refractivity contribution < 1.29 is 23.6 Å². The van der Waals surface area contributed by atoms with E-state index in [-0.39, 0.29) is 41.9 Å². The Balaban J connectivity index is 0.737. The molecule has 2 N–H and O–H groups in total. The maximum atomic E-state index is 16.3. The summed E-state index contributed by atoms with van der Waals surface area (Å²) in [4.78, 5) is 64.5. The van der Waals surface area contributed by atoms with Gasteiger partial charge in [0.25, 0.3) is 5.91 Å². The normalized spacial score (nSPS) is 19.6. The highest BCUT2D eigenvalue weighted by Gasteiger charge is 2.48. The number of rotatable bonds is 9. The third-order valence-corrected chi connectivity index (χ3v) is 14.5. The van der Waals surface area contributed by atoms with Crippen LogP contribution in [-0.4, -0.2) is 118 Å². The van der Waals surface area contributed by atoms with Gasteiger partial charge in [0.15, 0.2) is 5.82 Å². The molecule has 0 radical (unpaired) electrons. The molecule has 5 aromatic rings. The van der Waals surface area contributed by atoms with Gasteiger partial charge in [-0.25, -0.2) is 9.18 Å². The molecule has 0 unspecified atom stereocenters. The highest BCUT2D eigenvalue weighted by atomic mass is 35.5. The number of halogens is 2. The third-order valence-electron chi connectivity index (χ3n) is 14.2. The molecule has 0 bridgehead atoms. The maximum absolute atomic E-state index is 16.3. The standard InChI is InChI=1S/C49H53ClFN9O4/c1-32-26-40-38(28-39(45(51)46(40)53-32)35-4-2-18-57(29-35)44(62)14-22-59-19-3-17-52-59)33-5-8-36(9-6-33)55-20-11-37(12-21-55)58-30-49(31-58)15-24-56(25-16-49)47(63)34-7-10-41(50)42(27-34)60-23-13-43(61)54-48(60)64/h3-10,17,19,26-28,37,53H,2,11-16,18,20-25,29-31H2,1H3,(H,54,61,64). The van der Waals surface area contributed by atoms with E-state index in [1.807, 2.05) is 41.1 Å². The molecule has 0 aliphatic carbocycles. The van der Waals surface area contributed by atoms with E-state index in [0.29, 0.717) is 79.0 Å². The SMILES string of the molecule is Cc1cc2c(-c3ccc(N4CCC(N5CC6(CCN(C(=O)c7ccc(Cl)c(N8CCC(=O)NC8=O)c7)CC6)C5)CC4)cc3)cc(C3=CCCN(C(=O)CCn4cccn4)C3)c(F)c2[nH]1. The van der Waals surface area contributed by atoms with Crippen LogP contribution >= 0.6 is 11.6 Å². The number of carbonyl (C=O) groups excluding carboxylic acids is 4. The van der Waals surface area contributed by atoms with Gasteiger partial charge in [-0.3, -0.25) is 34.2 Å². The van der Waals surface area contributed by atoms with Crippen molar-refractivity contribution in [3.8, 4) is 11.1 Å². The van der Waals surface area contributed by atoms with E-state index in [1.165, 1.54) is 10.6 Å². The van der Waals surface area contributed by atoms with Gasteiger partial charge in [0.2, 0.25) is 11.8 Å². The molecule has 4 saturated heterocycles. The summed E-state index contributed by atoms with van der Waals surface area (Å²) >= 11 is 6.44. The minimum absolute atomic E-state index is 0.0404. The Morgan fingerprint density at radius 3 is 2.44 bits per heavy atom. The molecule has 13 nitrogen and oxygen atoms in total. The molecule has 10 rings (SSSR count). The monoisotopic (exact) mass is 885 g/mol. The van der Waals surface area contributed by atoms with Crippen molar-refractivity contribution in [2.24, 2.45) is 5.41 Å². The fourth-order valence-electron chi connectivity index (χ4n) is 10.6. The summed E-state index contributed by atoms with van der Waals surface area (Å²) in [6, 6.07) is 19.5. The van der Waals surface area contributed by atoms with Crippen molar-refractivity contribution in [2.45, 2.75) is 64.5 Å². The van der Waals surface area contributed by atoms with Crippen LogP contribution in [0.3, 0.4) is 0 Å². The molecule has 7 heterocycles. The van der Waals surface area contributed by atoms with Gasteiger partial charge in [-0.1, -0.05) is 29.8 Å². The number of imide groups is 1. The molecule has 0 atom stereocenters. The average molecular weight is 886 g/mol. The van der Waals surface area contributed by atoms with Crippen molar-refractivity contribution >= 4 is 63.2 Å². The molecule has 332 valence electrons. The number of piperidine rings is 2. The number of nitrogens with one attached hydrogen (secondary N) is 2. The summed E-state index contributed by atoms with van der Waals surface area (Å²) in [6.45, 7) is 9.12. The number of likely N-dealkylation sites (tertiary alicyclic amines) is 2. The smallest absolute Gasteiger partial charge is 0.328 e. The topological polar surface area (TPSA) is 130 Å². The minimum atomic E-state index is -0.529. The van der Waals surface area contributed by atoms with Crippen LogP contribution in [0.4, 0.5) is 20.6 Å². The zero-order valence-corrected chi connectivity index (χ0v) is 36.9. The van der Waals surface area contributed by atoms with Gasteiger partial charge in [-0.15, -0.1) is 0 Å². The first-order valence-electron chi connectivity index (χ1n) is 22.6. The number of anilines is 2. The van der Waals surface area contributed by atoms with E-state index >= 15 is 4.39 Å². The van der Waals surface area contributed by atoms with Gasteiger partial charge in [-0.05, 0) is 110 Å². The van der Waals surface area contributed by atoms with Gasteiger partial charge in [0.1, 0.15) is 0 Å². The van der Waals surface area contributed by atoms with Crippen LogP contribution in [0, 0.1) is 18.2 Å². The average Bonchev–Trinajstić information content (AvgIpc) is 3.98. The number of urea groups is 1. The van der Waals surface area contributed by atoms with Crippen molar-refractivity contribution in [3.63, 3.8) is 0 Å². The molecule has 4 fully saturated rings. The number of aromatic amines is 1. The van der Waals surface area contributed by atoms with Gasteiger partial charge < -0.3 is 19.7 Å². The molecule has 5 aliphatic rings. The van der Waals surface area contributed by atoms with Gasteiger partial charge in [-0.2, -0.15) is 5.10 Å². The second kappa shape index (κ2) is 17.2. The number of aryl methyl sites for hydroxylation is 2. The lowest BCUT2D eigenvalue weighted by Gasteiger charge is -2.57. The third kappa shape index (κ3) is 8.17. The quantitative estimate of drug-likeness (QED) is 0.157. The van der Waals surface area contributed by atoms with Gasteiger partial charge in [0, 0.05) is 125 Å². The number of fused-ring (bicyclic) bond motifs is 1. The highest BCUT2D eigenvalue weighted by Crippen LogP contribution is 2.44. The first-order valence-corrected chi connectivity index (χ1v) is 22.9. The summed E-state index contributed by atoms with van der Waals surface area (Å²) in [5, 5.41) is 7.75. The van der Waals surface area contributed by atoms with E-state index < -0.39 is 6.03 Å². The van der Waals surface area contributed by atoms with Crippen LogP contribution in [0.2, 0.25) is 5.02 Å². The number of hydrogen-bond donors (Lipinski definition) is 2. The molecule has 3 aromatic carbocycles. The zero-order valence-electron chi connectivity index (χ0n) is 36.1. The first-order chi connectivity index (χ1) is 31.0. The molecule has 64 heavy (non-hydrogen) atoms. The lowest BCUT2D eigenvalue weighted by molar-refractivity contribution is -0.131. The van der Waals surface area contributed by atoms with Crippen LogP contribution < -0.4 is 15.1 Å². The second-order valence-corrected chi connectivity index (χ2v) is 18.7. The number of hydrogen-bond acceptors (Lipinski definition) is 7. The minimum Gasteiger partial charge on any atom is -0.371 e. The number of nitrogens with zero attached hydrogens (tertiary/aromatic N) is 7. The molecular formula is C49H53ClFN9O4. The highest BCUT2D eigenvalue weighted by molar-refractivity contribution is 6.34. The zero-order chi connectivity index (χ0) is 44.1. The molecule has 1 spiro atoms. The van der Waals surface area contributed by atoms with E-state index in [4.69, 9.17) is 11.6 Å². The predicted molar refractivity (Wildman–Crippen MR) is 246 cm³/mol. The maximum Gasteiger partial charge on any atom is 0.328 e. The first kappa shape index (κ1) is 42.0. The summed E-state index contributed by atoms with van der Waals surface area (Å²) in [7, 11) is 0. The molecule has 0 saturated carbocycles. The Hall–Kier alpha value is -5.99. The molecule has 15 heteroatoms. The fourth-order valence-corrected chi connectivity index (χ4v) is 10.8.